The Morgan fingerprint density at radius 1 is 1.32 bits per heavy atom. The number of carboxylic acids is 1. The molecule has 0 aliphatic heterocycles. The zero-order chi connectivity index (χ0) is 19.0. The number of carbonyl (C=O) groups excluding carboxylic acids is 1. The molecule has 7 nitrogen and oxygen atoms in total. The van der Waals surface area contributed by atoms with Gasteiger partial charge in [0.2, 0.25) is 5.28 Å². The van der Waals surface area contributed by atoms with Crippen LogP contribution in [0.2, 0.25) is 5.28 Å². The van der Waals surface area contributed by atoms with Crippen LogP contribution in [0.25, 0.3) is 6.08 Å². The Hall–Kier alpha value is -2.15. The molecule has 8 heteroatoms. The van der Waals surface area contributed by atoms with E-state index in [0.29, 0.717) is 11.3 Å². The van der Waals surface area contributed by atoms with Gasteiger partial charge in [0.25, 0.3) is 0 Å². The maximum Gasteiger partial charge on any atom is 0.407 e. The number of aliphatic carboxylic acids is 1. The molecule has 0 saturated heterocycles. The second-order valence-corrected chi connectivity index (χ2v) is 8.00. The summed E-state index contributed by atoms with van der Waals surface area (Å²) >= 11 is 5.88. The van der Waals surface area contributed by atoms with E-state index >= 15 is 0 Å². The number of hydrogen-bond donors (Lipinski definition) is 2. The van der Waals surface area contributed by atoms with Gasteiger partial charge in [-0.05, 0) is 43.9 Å². The first-order valence-electron chi connectivity index (χ1n) is 7.85. The van der Waals surface area contributed by atoms with Crippen molar-refractivity contribution in [3.63, 3.8) is 0 Å². The van der Waals surface area contributed by atoms with E-state index in [2.05, 4.69) is 15.3 Å². The monoisotopic (exact) mass is 367 g/mol. The Labute approximate surface area is 151 Å². The maximum absolute atomic E-state index is 11.9. The third kappa shape index (κ3) is 4.48. The quantitative estimate of drug-likeness (QED) is 0.792. The van der Waals surface area contributed by atoms with Crippen LogP contribution in [-0.4, -0.2) is 39.3 Å². The number of ether oxygens (including phenoxy) is 1. The zero-order valence-corrected chi connectivity index (χ0v) is 15.6. The molecular formula is C17H22ClN3O4. The van der Waals surface area contributed by atoms with Crippen LogP contribution in [0.3, 0.4) is 0 Å². The Morgan fingerprint density at radius 2 is 1.96 bits per heavy atom. The molecule has 1 amide bonds. The normalized spacial score (nSPS) is 16.9. The van der Waals surface area contributed by atoms with Crippen LogP contribution >= 0.6 is 11.6 Å². The summed E-state index contributed by atoms with van der Waals surface area (Å²) in [6, 6.07) is 0. The lowest BCUT2D eigenvalue weighted by molar-refractivity contribution is -0.133. The lowest BCUT2D eigenvalue weighted by Crippen LogP contribution is -2.41. The van der Waals surface area contributed by atoms with E-state index in [4.69, 9.17) is 16.3 Å². The second kappa shape index (κ2) is 6.63. The van der Waals surface area contributed by atoms with Crippen molar-refractivity contribution < 1.29 is 19.4 Å². The number of alkyl carbamates (subject to hydrolysis) is 1. The van der Waals surface area contributed by atoms with Crippen LogP contribution in [0.4, 0.5) is 4.79 Å². The number of rotatable bonds is 4. The molecule has 1 unspecified atom stereocenters. The van der Waals surface area contributed by atoms with Gasteiger partial charge in [-0.3, -0.25) is 0 Å². The van der Waals surface area contributed by atoms with Gasteiger partial charge in [0.15, 0.2) is 0 Å². The van der Waals surface area contributed by atoms with Crippen LogP contribution in [0.15, 0.2) is 11.8 Å². The summed E-state index contributed by atoms with van der Waals surface area (Å²) in [6.07, 6.45) is 2.50. The zero-order valence-electron chi connectivity index (χ0n) is 14.9. The molecule has 0 radical (unpaired) electrons. The fourth-order valence-electron chi connectivity index (χ4n) is 2.81. The lowest BCUT2D eigenvalue weighted by Gasteiger charge is -2.33. The number of aromatic nitrogens is 2. The molecule has 136 valence electrons. The van der Waals surface area contributed by atoms with Gasteiger partial charge in [0.05, 0.1) is 5.69 Å². The molecule has 2 N–H and O–H groups in total. The van der Waals surface area contributed by atoms with Crippen LogP contribution in [0.1, 0.15) is 51.8 Å². The summed E-state index contributed by atoms with van der Waals surface area (Å²) in [5.74, 6) is -1.57. The van der Waals surface area contributed by atoms with E-state index in [9.17, 15) is 14.7 Å². The molecule has 0 saturated carbocycles. The fourth-order valence-corrected chi connectivity index (χ4v) is 2.95. The number of nitrogens with one attached hydrogen (secondary N) is 1. The third-order valence-electron chi connectivity index (χ3n) is 3.83. The number of carbonyl (C=O) groups is 2. The molecule has 0 aromatic carbocycles. The van der Waals surface area contributed by atoms with Gasteiger partial charge in [-0.15, -0.1) is 0 Å². The fraction of sp³-hybridized carbons (Fsp3) is 0.529. The van der Waals surface area contributed by atoms with Crippen molar-refractivity contribution >= 4 is 29.7 Å². The molecule has 1 aliphatic rings. The Bertz CT molecular complexity index is 738. The highest BCUT2D eigenvalue weighted by Gasteiger charge is 2.42. The number of nitrogens with zero attached hydrogens (tertiary/aromatic N) is 2. The smallest absolute Gasteiger partial charge is 0.407 e. The van der Waals surface area contributed by atoms with E-state index in [1.165, 1.54) is 6.20 Å². The largest absolute Gasteiger partial charge is 0.478 e. The topological polar surface area (TPSA) is 101 Å². The van der Waals surface area contributed by atoms with E-state index < -0.39 is 29.0 Å². The predicted octanol–water partition coefficient (Wildman–Crippen LogP) is 3.25. The maximum atomic E-state index is 11.9. The first-order valence-corrected chi connectivity index (χ1v) is 8.23. The van der Waals surface area contributed by atoms with Crippen molar-refractivity contribution in [1.29, 1.82) is 0 Å². The standard InChI is InChI=1S/C17H22ClN3O4/c1-16(2,3)25-15(24)20-8-17(4,5)11-10(13(22)23)6-9-7-19-14(18)21-12(9)11/h6-7,11H,8H2,1-5H3,(H,20,24)(H,22,23). The molecule has 1 aromatic heterocycles. The van der Waals surface area contributed by atoms with Gasteiger partial charge < -0.3 is 15.2 Å². The highest BCUT2D eigenvalue weighted by Crippen LogP contribution is 2.46. The summed E-state index contributed by atoms with van der Waals surface area (Å²) < 4.78 is 5.23. The Morgan fingerprint density at radius 3 is 2.52 bits per heavy atom. The van der Waals surface area contributed by atoms with E-state index in [0.717, 1.165) is 0 Å². The Kier molecular flexibility index (Phi) is 5.09. The average Bonchev–Trinajstić information content (AvgIpc) is 2.83. The molecule has 1 heterocycles. The second-order valence-electron chi connectivity index (χ2n) is 7.66. The van der Waals surface area contributed by atoms with E-state index in [1.807, 2.05) is 13.8 Å². The molecule has 1 atom stereocenters. The van der Waals surface area contributed by atoms with Gasteiger partial charge >= 0.3 is 12.1 Å². The van der Waals surface area contributed by atoms with Crippen LogP contribution in [0.5, 0.6) is 0 Å². The van der Waals surface area contributed by atoms with Crippen LogP contribution in [-0.2, 0) is 9.53 Å². The first kappa shape index (κ1) is 19.2. The summed E-state index contributed by atoms with van der Waals surface area (Å²) in [5, 5.41) is 12.3. The van der Waals surface area contributed by atoms with Gasteiger partial charge in [0.1, 0.15) is 5.60 Å². The summed E-state index contributed by atoms with van der Waals surface area (Å²) in [4.78, 5) is 31.7. The third-order valence-corrected chi connectivity index (χ3v) is 4.01. The minimum atomic E-state index is -1.04. The van der Waals surface area contributed by atoms with Crippen molar-refractivity contribution in [3.8, 4) is 0 Å². The van der Waals surface area contributed by atoms with Crippen molar-refractivity contribution in [3.05, 3.63) is 28.3 Å². The molecular weight excluding hydrogens is 346 g/mol. The highest BCUT2D eigenvalue weighted by molar-refractivity contribution is 6.28. The minimum absolute atomic E-state index is 0.0553. The van der Waals surface area contributed by atoms with Crippen molar-refractivity contribution in [1.82, 2.24) is 15.3 Å². The van der Waals surface area contributed by atoms with Gasteiger partial charge in [0, 0.05) is 29.8 Å². The lowest BCUT2D eigenvalue weighted by atomic mass is 9.74. The molecule has 1 aromatic rings. The minimum Gasteiger partial charge on any atom is -0.478 e. The average molecular weight is 368 g/mol. The van der Waals surface area contributed by atoms with E-state index in [-0.39, 0.29) is 17.4 Å². The SMILES string of the molecule is CC(C)(C)OC(=O)NCC(C)(C)C1C(C(=O)O)=Cc2cnc(Cl)nc21. The van der Waals surface area contributed by atoms with Gasteiger partial charge in [-0.25, -0.2) is 19.6 Å². The van der Waals surface area contributed by atoms with Crippen molar-refractivity contribution in [2.75, 3.05) is 6.54 Å². The predicted molar refractivity (Wildman–Crippen MR) is 93.4 cm³/mol. The molecule has 0 bridgehead atoms. The summed E-state index contributed by atoms with van der Waals surface area (Å²) in [5.41, 5.74) is 0.124. The number of halogens is 1. The molecule has 0 fully saturated rings. The highest BCUT2D eigenvalue weighted by atomic mass is 35.5. The Balaban J connectivity index is 2.25. The summed E-state index contributed by atoms with van der Waals surface area (Å²) in [6.45, 7) is 9.24. The number of amides is 1. The molecule has 2 rings (SSSR count). The van der Waals surface area contributed by atoms with Gasteiger partial charge in [-0.1, -0.05) is 13.8 Å². The summed E-state index contributed by atoms with van der Waals surface area (Å²) in [7, 11) is 0. The van der Waals surface area contributed by atoms with Crippen LogP contribution < -0.4 is 5.32 Å². The number of fused-ring (bicyclic) bond motifs is 1. The number of hydrogen-bond acceptors (Lipinski definition) is 5. The number of carboxylic acid groups (broad SMARTS) is 1. The van der Waals surface area contributed by atoms with Crippen LogP contribution in [0, 0.1) is 5.41 Å². The van der Waals surface area contributed by atoms with Gasteiger partial charge in [-0.2, -0.15) is 0 Å². The van der Waals surface area contributed by atoms with Crippen molar-refractivity contribution in [2.24, 2.45) is 5.41 Å². The van der Waals surface area contributed by atoms with E-state index in [1.54, 1.807) is 26.8 Å². The molecule has 25 heavy (non-hydrogen) atoms. The molecule has 1 aliphatic carbocycles. The van der Waals surface area contributed by atoms with Crippen molar-refractivity contribution in [2.45, 2.75) is 46.1 Å². The first-order chi connectivity index (χ1) is 11.4. The molecule has 0 spiro atoms.